The predicted molar refractivity (Wildman–Crippen MR) is 330 cm³/mol. The zero-order chi connectivity index (χ0) is 65.5. The summed E-state index contributed by atoms with van der Waals surface area (Å²) in [4.78, 5) is 114. The molecule has 5 N–H and O–H groups in total. The summed E-state index contributed by atoms with van der Waals surface area (Å²) in [5.74, 6) is -3.86. The summed E-state index contributed by atoms with van der Waals surface area (Å²) in [6.07, 6.45) is 7.72. The lowest BCUT2D eigenvalue weighted by Crippen LogP contribution is -2.48. The number of amides is 2. The van der Waals surface area contributed by atoms with Crippen molar-refractivity contribution in [3.05, 3.63) is 46.7 Å². The number of nitrogens with two attached hydrogens (primary N) is 1. The molecule has 0 aromatic carbocycles. The summed E-state index contributed by atoms with van der Waals surface area (Å²) in [6, 6.07) is 4.23. The summed E-state index contributed by atoms with van der Waals surface area (Å²) in [6.45, 7) is 26.0. The molecule has 10 atom stereocenters. The number of carbonyl (C=O) groups excluding carboxylic acids is 7. The van der Waals surface area contributed by atoms with Crippen molar-refractivity contribution < 1.29 is 72.6 Å². The highest BCUT2D eigenvalue weighted by Gasteiger charge is 2.48. The molecule has 87 heavy (non-hydrogen) atoms. The third kappa shape index (κ3) is 25.3. The van der Waals surface area contributed by atoms with Crippen molar-refractivity contribution in [1.29, 1.82) is 0 Å². The number of ketones is 3. The van der Waals surface area contributed by atoms with E-state index in [9.17, 15) is 53.7 Å². The summed E-state index contributed by atoms with van der Waals surface area (Å²) in [5, 5.41) is 31.1. The number of rotatable bonds is 26. The van der Waals surface area contributed by atoms with Gasteiger partial charge in [0.1, 0.15) is 41.7 Å². The van der Waals surface area contributed by atoms with Crippen molar-refractivity contribution in [2.75, 3.05) is 13.1 Å². The van der Waals surface area contributed by atoms with E-state index in [1.54, 1.807) is 65.8 Å². The van der Waals surface area contributed by atoms with E-state index in [1.165, 1.54) is 22.2 Å². The molecule has 20 nitrogen and oxygen atoms in total. The van der Waals surface area contributed by atoms with E-state index < -0.39 is 100 Å². The van der Waals surface area contributed by atoms with Gasteiger partial charge < -0.3 is 49.8 Å². The number of hydrogen-bond acceptors (Lipinski definition) is 17. The Bertz CT molecular complexity index is 2620. The SMILES string of the molecule is CC(C)(C)OC(=O)C[C@H](C(=O)N1C[C@H](Oc2ccc(Cl)cn2)C[C@H]1C(=O)O)C(C)(C)C.CCC[C@H](CC(=O)[C@@H]1C[C@@H](Oc2ccc(Cl)cn2)CN1C(=O)[C@@H](CC(=O)OC(C)(C)C)C(C)(C)C)C(O)C(=O)CC1CC1.CCC[C@H](N)C(O)C(=O)CC1CC1. The van der Waals surface area contributed by atoms with E-state index in [1.807, 2.05) is 55.4 Å². The Morgan fingerprint density at radius 1 is 0.598 bits per heavy atom. The molecule has 2 amide bonds. The first-order chi connectivity index (χ1) is 40.3. The van der Waals surface area contributed by atoms with Gasteiger partial charge in [-0.25, -0.2) is 14.8 Å². The van der Waals surface area contributed by atoms with Crippen LogP contribution >= 0.6 is 23.2 Å². The Labute approximate surface area is 525 Å². The van der Waals surface area contributed by atoms with E-state index in [4.69, 9.17) is 47.9 Å². The van der Waals surface area contributed by atoms with Crippen LogP contribution < -0.4 is 15.2 Å². The fourth-order valence-corrected chi connectivity index (χ4v) is 10.8. The first-order valence-corrected chi connectivity index (χ1v) is 31.6. The van der Waals surface area contributed by atoms with Crippen LogP contribution in [0, 0.1) is 40.4 Å². The van der Waals surface area contributed by atoms with Crippen LogP contribution in [0.5, 0.6) is 11.8 Å². The minimum atomic E-state index is -1.21. The van der Waals surface area contributed by atoms with Crippen molar-refractivity contribution in [2.45, 2.75) is 247 Å². The first-order valence-electron chi connectivity index (χ1n) is 30.8. The Hall–Kier alpha value is -5.28. The monoisotopic (exact) mass is 1260 g/mol. The summed E-state index contributed by atoms with van der Waals surface area (Å²) < 4.78 is 22.8. The Morgan fingerprint density at radius 2 is 0.989 bits per heavy atom. The molecular formula is C65H99Cl2N5O15. The summed E-state index contributed by atoms with van der Waals surface area (Å²) in [5.41, 5.74) is 3.10. The van der Waals surface area contributed by atoms with E-state index in [0.717, 1.165) is 38.5 Å². The van der Waals surface area contributed by atoms with Gasteiger partial charge in [-0.2, -0.15) is 0 Å². The number of pyridine rings is 2. The molecule has 22 heteroatoms. The molecule has 4 fully saturated rings. The lowest BCUT2D eigenvalue weighted by molar-refractivity contribution is -0.162. The normalized spacial score (nSPS) is 20.9. The van der Waals surface area contributed by atoms with E-state index >= 15 is 0 Å². The zero-order valence-corrected chi connectivity index (χ0v) is 55.3. The number of Topliss-reactive ketones (excluding diaryl/α,β-unsaturated/α-hetero) is 3. The van der Waals surface area contributed by atoms with E-state index in [2.05, 4.69) is 9.97 Å². The van der Waals surface area contributed by atoms with Gasteiger partial charge in [0.2, 0.25) is 23.6 Å². The van der Waals surface area contributed by atoms with Crippen LogP contribution in [0.3, 0.4) is 0 Å². The van der Waals surface area contributed by atoms with E-state index in [0.29, 0.717) is 59.3 Å². The van der Waals surface area contributed by atoms with Crippen LogP contribution in [0.4, 0.5) is 0 Å². The van der Waals surface area contributed by atoms with Crippen LogP contribution in [-0.2, 0) is 47.8 Å². The number of nitrogens with zero attached hydrogens (tertiary/aromatic N) is 4. The minimum Gasteiger partial charge on any atom is -0.480 e. The molecule has 0 spiro atoms. The standard InChI is InChI=1S/C33H49ClN2O7.C22H31ClN2O6.C10H19NO2/c1-8-9-21(30(40)27(38)14-20-10-11-20)15-26(37)25-16-23(42-28-13-12-22(34)18-35-28)19-36(25)31(41)24(32(2,3)4)17-29(39)43-33(5,6)7;1-21(2,3)15(10-18(26)31-22(4,5)6)19(27)25-12-14(9-16(25)20(28)29)30-17-8-7-13(23)11-24-17;1-2-3-8(11)10(13)9(12)6-7-4-5-7/h12-13,18,20-21,23-25,30,40H,8-11,14-17,19H2,1-7H3;7-8,11,14-16H,9-10,12H2,1-6H3,(H,28,29);7-8,10,13H,2-6,11H2,1H3/t21-,23-,24-,25+,30?;14-,15-,16+;8-,10?/m110/s1. The maximum Gasteiger partial charge on any atom is 0.326 e. The van der Waals surface area contributed by atoms with Gasteiger partial charge in [0.25, 0.3) is 0 Å². The number of aromatic nitrogens is 2. The molecule has 6 rings (SSSR count). The Kier molecular flexibility index (Phi) is 27.7. The predicted octanol–water partition coefficient (Wildman–Crippen LogP) is 9.99. The van der Waals surface area contributed by atoms with Crippen molar-refractivity contribution >= 4 is 70.3 Å². The van der Waals surface area contributed by atoms with Crippen molar-refractivity contribution in [3.63, 3.8) is 0 Å². The topological polar surface area (TPSA) is 292 Å². The number of carboxylic acid groups (broad SMARTS) is 1. The number of esters is 2. The van der Waals surface area contributed by atoms with Crippen LogP contribution in [0.25, 0.3) is 0 Å². The van der Waals surface area contributed by atoms with Gasteiger partial charge in [0.15, 0.2) is 17.3 Å². The fourth-order valence-electron chi connectivity index (χ4n) is 10.6. The minimum absolute atomic E-state index is 0.0297. The summed E-state index contributed by atoms with van der Waals surface area (Å²) >= 11 is 11.8. The lowest BCUT2D eigenvalue weighted by atomic mass is 9.77. The molecule has 2 aromatic heterocycles. The number of hydrogen-bond donors (Lipinski definition) is 4. The number of halogens is 2. The van der Waals surface area contributed by atoms with Gasteiger partial charge in [0.05, 0.1) is 53.9 Å². The van der Waals surface area contributed by atoms with Crippen molar-refractivity contribution in [3.8, 4) is 11.8 Å². The van der Waals surface area contributed by atoms with Gasteiger partial charge in [-0.3, -0.25) is 33.6 Å². The highest BCUT2D eigenvalue weighted by molar-refractivity contribution is 6.30. The van der Waals surface area contributed by atoms with Gasteiger partial charge in [-0.05, 0) is 121 Å². The van der Waals surface area contributed by atoms with Gasteiger partial charge in [-0.15, -0.1) is 0 Å². The zero-order valence-electron chi connectivity index (χ0n) is 53.8. The van der Waals surface area contributed by atoms with Crippen molar-refractivity contribution in [1.82, 2.24) is 19.8 Å². The molecule has 2 unspecified atom stereocenters. The van der Waals surface area contributed by atoms with Gasteiger partial charge >= 0.3 is 17.9 Å². The third-order valence-electron chi connectivity index (χ3n) is 15.6. The second-order valence-corrected chi connectivity index (χ2v) is 29.0. The number of carboxylic acids is 1. The molecule has 2 aliphatic heterocycles. The number of ether oxygens (including phenoxy) is 4. The fraction of sp³-hybridized carbons (Fsp3) is 0.723. The number of aliphatic hydroxyl groups is 2. The number of carbonyl (C=O) groups is 8. The molecule has 4 aliphatic rings. The summed E-state index contributed by atoms with van der Waals surface area (Å²) in [7, 11) is 0. The maximum absolute atomic E-state index is 14.2. The average molecular weight is 1260 g/mol. The molecule has 0 bridgehead atoms. The first kappa shape index (κ1) is 74.2. The van der Waals surface area contributed by atoms with Crippen LogP contribution in [0.15, 0.2) is 36.7 Å². The largest absolute Gasteiger partial charge is 0.480 e. The molecule has 2 aromatic rings. The Morgan fingerprint density at radius 3 is 1.33 bits per heavy atom. The number of aliphatic carboxylic acids is 1. The molecule has 2 saturated carbocycles. The molecule has 2 aliphatic carbocycles. The maximum atomic E-state index is 14.2. The van der Waals surface area contributed by atoms with Crippen LogP contribution in [-0.4, -0.2) is 149 Å². The number of likely N-dealkylation sites (tertiary alicyclic amines) is 2. The molecule has 2 saturated heterocycles. The molecular weight excluding hydrogens is 1160 g/mol. The third-order valence-corrected chi connectivity index (χ3v) is 16.1. The molecule has 488 valence electrons. The second-order valence-electron chi connectivity index (χ2n) is 28.1. The Balaban J connectivity index is 0.000000319. The average Bonchev–Trinajstić information content (AvgIpc) is 2.61. The highest BCUT2D eigenvalue weighted by atomic mass is 35.5. The van der Waals surface area contributed by atoms with Crippen LogP contribution in [0.1, 0.15) is 193 Å². The lowest BCUT2D eigenvalue weighted by Gasteiger charge is -2.35. The van der Waals surface area contributed by atoms with Gasteiger partial charge in [0, 0.05) is 62.7 Å². The quantitative estimate of drug-likeness (QED) is 0.0637. The highest BCUT2D eigenvalue weighted by Crippen LogP contribution is 2.39. The molecule has 4 heterocycles. The van der Waals surface area contributed by atoms with Crippen molar-refractivity contribution in [2.24, 2.45) is 46.2 Å². The molecule has 0 radical (unpaired) electrons. The smallest absolute Gasteiger partial charge is 0.326 e. The van der Waals surface area contributed by atoms with Gasteiger partial charge in [-0.1, -0.05) is 91.4 Å². The van der Waals surface area contributed by atoms with E-state index in [-0.39, 0.29) is 74.5 Å². The second kappa shape index (κ2) is 32.5. The van der Waals surface area contributed by atoms with Crippen LogP contribution in [0.2, 0.25) is 10.0 Å². The number of aliphatic hydroxyl groups excluding tert-OH is 2.